The zero-order chi connectivity index (χ0) is 17.0. The van der Waals surface area contributed by atoms with E-state index >= 15 is 0 Å². The highest BCUT2D eigenvalue weighted by atomic mass is 35.5. The number of hydrogen-bond acceptors (Lipinski definition) is 1. The van der Waals surface area contributed by atoms with Crippen LogP contribution >= 0.6 is 23.2 Å². The van der Waals surface area contributed by atoms with Gasteiger partial charge >= 0.3 is 0 Å². The predicted octanol–water partition coefficient (Wildman–Crippen LogP) is 2.93. The van der Waals surface area contributed by atoms with Gasteiger partial charge in [0.1, 0.15) is 18.2 Å². The average molecular weight is 360 g/mol. The lowest BCUT2D eigenvalue weighted by molar-refractivity contribution is -0.885. The number of carbonyl (C=O) groups excluding carboxylic acids is 1. The molecule has 2 aromatic carbocycles. The molecule has 1 amide bonds. The minimum Gasteiger partial charge on any atom is -0.326 e. The third kappa shape index (κ3) is 4.89. The fraction of sp³-hybridized carbons (Fsp3) is 0.188. The Balaban J connectivity index is 1.97. The quantitative estimate of drug-likeness (QED) is 0.845. The van der Waals surface area contributed by atoms with Crippen molar-refractivity contribution in [2.45, 2.75) is 6.54 Å². The fourth-order valence-electron chi connectivity index (χ4n) is 2.13. The van der Waals surface area contributed by atoms with E-state index in [-0.39, 0.29) is 12.2 Å². The Morgan fingerprint density at radius 1 is 1.22 bits per heavy atom. The smallest absolute Gasteiger partial charge is 0.279 e. The Bertz CT molecular complexity index is 725. The first-order chi connectivity index (χ1) is 10.9. The number of quaternary nitrogens is 1. The maximum Gasteiger partial charge on any atom is 0.279 e. The predicted molar refractivity (Wildman–Crippen MR) is 86.9 cm³/mol. The maximum atomic E-state index is 13.5. The maximum absolute atomic E-state index is 13.5. The summed E-state index contributed by atoms with van der Waals surface area (Å²) in [5.74, 6) is -1.73. The van der Waals surface area contributed by atoms with Crippen LogP contribution in [0.3, 0.4) is 0 Å². The molecule has 0 aromatic heterocycles. The van der Waals surface area contributed by atoms with E-state index in [1.54, 1.807) is 19.2 Å². The topological polar surface area (TPSA) is 33.5 Å². The van der Waals surface area contributed by atoms with Gasteiger partial charge in [-0.15, -0.1) is 0 Å². The van der Waals surface area contributed by atoms with Crippen LogP contribution < -0.4 is 10.2 Å². The Morgan fingerprint density at radius 3 is 2.70 bits per heavy atom. The van der Waals surface area contributed by atoms with Crippen LogP contribution in [0.4, 0.5) is 14.5 Å². The second kappa shape index (κ2) is 7.73. The summed E-state index contributed by atoms with van der Waals surface area (Å²) in [5.41, 5.74) is 0.630. The van der Waals surface area contributed by atoms with E-state index < -0.39 is 17.5 Å². The third-order valence-electron chi connectivity index (χ3n) is 3.19. The van der Waals surface area contributed by atoms with Crippen molar-refractivity contribution in [3.05, 3.63) is 63.6 Å². The molecule has 0 aliphatic heterocycles. The van der Waals surface area contributed by atoms with Gasteiger partial charge in [0.15, 0.2) is 6.54 Å². The van der Waals surface area contributed by atoms with Crippen LogP contribution in [-0.2, 0) is 11.3 Å². The van der Waals surface area contributed by atoms with E-state index in [1.807, 2.05) is 6.07 Å². The number of amides is 1. The van der Waals surface area contributed by atoms with Crippen LogP contribution in [0.2, 0.25) is 10.0 Å². The van der Waals surface area contributed by atoms with Crippen LogP contribution in [0.5, 0.6) is 0 Å². The molecule has 3 nitrogen and oxygen atoms in total. The molecule has 0 saturated heterocycles. The van der Waals surface area contributed by atoms with Gasteiger partial charge in [0.05, 0.1) is 22.8 Å². The van der Waals surface area contributed by atoms with Crippen molar-refractivity contribution in [2.75, 3.05) is 18.9 Å². The number of rotatable bonds is 5. The lowest BCUT2D eigenvalue weighted by Gasteiger charge is -2.15. The van der Waals surface area contributed by atoms with Crippen LogP contribution in [0.25, 0.3) is 0 Å². The van der Waals surface area contributed by atoms with Crippen LogP contribution in [0, 0.1) is 11.6 Å². The molecule has 122 valence electrons. The van der Waals surface area contributed by atoms with Crippen molar-refractivity contribution in [1.82, 2.24) is 0 Å². The van der Waals surface area contributed by atoms with Gasteiger partial charge in [0.2, 0.25) is 0 Å². The lowest BCUT2D eigenvalue weighted by Crippen LogP contribution is -3.08. The molecule has 0 aliphatic rings. The summed E-state index contributed by atoms with van der Waals surface area (Å²) in [4.78, 5) is 12.8. The molecule has 2 N–H and O–H groups in total. The summed E-state index contributed by atoms with van der Waals surface area (Å²) in [6.45, 7) is 0.539. The first-order valence-electron chi connectivity index (χ1n) is 6.86. The summed E-state index contributed by atoms with van der Waals surface area (Å²) in [6.07, 6.45) is 0. The van der Waals surface area contributed by atoms with Gasteiger partial charge in [-0.05, 0) is 18.2 Å². The van der Waals surface area contributed by atoms with Crippen molar-refractivity contribution in [2.24, 2.45) is 0 Å². The second-order valence-corrected chi connectivity index (χ2v) is 5.98. The largest absolute Gasteiger partial charge is 0.326 e. The molecule has 1 atom stereocenters. The molecule has 23 heavy (non-hydrogen) atoms. The monoisotopic (exact) mass is 359 g/mol. The average Bonchev–Trinajstić information content (AvgIpc) is 2.47. The molecule has 0 aliphatic carbocycles. The molecule has 2 aromatic rings. The summed E-state index contributed by atoms with van der Waals surface area (Å²) in [5, 5.41) is 3.26. The number of benzene rings is 2. The van der Waals surface area contributed by atoms with Gasteiger partial charge < -0.3 is 10.2 Å². The van der Waals surface area contributed by atoms with Crippen molar-refractivity contribution in [3.8, 4) is 0 Å². The van der Waals surface area contributed by atoms with Gasteiger partial charge in [-0.1, -0.05) is 35.3 Å². The van der Waals surface area contributed by atoms with Crippen LogP contribution in [0.1, 0.15) is 5.56 Å². The molecule has 2 rings (SSSR count). The van der Waals surface area contributed by atoms with E-state index in [0.29, 0.717) is 16.6 Å². The minimum absolute atomic E-state index is 0.0682. The van der Waals surface area contributed by atoms with Gasteiger partial charge in [-0.3, -0.25) is 4.79 Å². The highest BCUT2D eigenvalue weighted by Crippen LogP contribution is 2.24. The first-order valence-corrected chi connectivity index (χ1v) is 7.61. The summed E-state index contributed by atoms with van der Waals surface area (Å²) < 4.78 is 26.6. The van der Waals surface area contributed by atoms with Gasteiger partial charge in [-0.2, -0.15) is 0 Å². The molecular formula is C16H15Cl2F2N2O+. The van der Waals surface area contributed by atoms with Crippen LogP contribution in [0.15, 0.2) is 36.4 Å². The number of carbonyl (C=O) groups is 1. The number of halogens is 4. The van der Waals surface area contributed by atoms with E-state index in [9.17, 15) is 13.6 Å². The highest BCUT2D eigenvalue weighted by molar-refractivity contribution is 6.42. The van der Waals surface area contributed by atoms with Gasteiger partial charge in [0, 0.05) is 11.6 Å². The van der Waals surface area contributed by atoms with E-state index in [2.05, 4.69) is 5.32 Å². The molecule has 0 heterocycles. The van der Waals surface area contributed by atoms with Gasteiger partial charge in [0.25, 0.3) is 5.91 Å². The van der Waals surface area contributed by atoms with E-state index in [4.69, 9.17) is 23.2 Å². The Hall–Kier alpha value is -1.69. The minimum atomic E-state index is -0.685. The normalized spacial score (nSPS) is 12.0. The van der Waals surface area contributed by atoms with Crippen LogP contribution in [-0.4, -0.2) is 19.5 Å². The summed E-state index contributed by atoms with van der Waals surface area (Å²) >= 11 is 12.0. The fourth-order valence-corrected chi connectivity index (χ4v) is 2.52. The van der Waals surface area contributed by atoms with Crippen molar-refractivity contribution >= 4 is 34.8 Å². The Kier molecular flexibility index (Phi) is 5.93. The number of hydrogen-bond donors (Lipinski definition) is 2. The highest BCUT2D eigenvalue weighted by Gasteiger charge is 2.15. The van der Waals surface area contributed by atoms with E-state index in [0.717, 1.165) is 28.7 Å². The lowest BCUT2D eigenvalue weighted by atomic mass is 10.2. The summed E-state index contributed by atoms with van der Waals surface area (Å²) in [7, 11) is 1.79. The van der Waals surface area contributed by atoms with Gasteiger partial charge in [-0.25, -0.2) is 8.78 Å². The van der Waals surface area contributed by atoms with Crippen molar-refractivity contribution < 1.29 is 18.5 Å². The number of nitrogens with one attached hydrogen (secondary N) is 2. The molecule has 0 bridgehead atoms. The SMILES string of the molecule is C[NH+](CC(=O)Nc1cc(F)ccc1F)Cc1cccc(Cl)c1Cl. The Labute approximate surface area is 142 Å². The molecular weight excluding hydrogens is 345 g/mol. The molecule has 1 unspecified atom stereocenters. The van der Waals surface area contributed by atoms with Crippen molar-refractivity contribution in [3.63, 3.8) is 0 Å². The number of anilines is 1. The zero-order valence-corrected chi connectivity index (χ0v) is 13.8. The number of likely N-dealkylation sites (N-methyl/N-ethyl adjacent to an activating group) is 1. The van der Waals surface area contributed by atoms with E-state index in [1.165, 1.54) is 0 Å². The molecule has 0 spiro atoms. The molecule has 0 radical (unpaired) electrons. The molecule has 7 heteroatoms. The zero-order valence-electron chi connectivity index (χ0n) is 12.3. The van der Waals surface area contributed by atoms with Crippen molar-refractivity contribution in [1.29, 1.82) is 0 Å². The first kappa shape index (κ1) is 17.7. The standard InChI is InChI=1S/C16H14Cl2F2N2O/c1-22(8-10-3-2-4-12(17)16(10)18)9-15(23)21-14-7-11(19)5-6-13(14)20/h2-7H,8-9H2,1H3,(H,21,23)/p+1. The molecule has 0 fully saturated rings. The second-order valence-electron chi connectivity index (χ2n) is 5.20. The molecule has 0 saturated carbocycles. The Morgan fingerprint density at radius 2 is 1.96 bits per heavy atom. The third-order valence-corrected chi connectivity index (χ3v) is 4.05. The summed E-state index contributed by atoms with van der Waals surface area (Å²) in [6, 6.07) is 8.18.